The molecule has 27 heavy (non-hydrogen) atoms. The van der Waals surface area contributed by atoms with Gasteiger partial charge in [0, 0.05) is 18.8 Å². The highest BCUT2D eigenvalue weighted by atomic mass is 16.5. The second-order valence-electron chi connectivity index (χ2n) is 6.04. The van der Waals surface area contributed by atoms with Crippen LogP contribution >= 0.6 is 0 Å². The zero-order valence-corrected chi connectivity index (χ0v) is 14.8. The van der Waals surface area contributed by atoms with Crippen LogP contribution < -0.4 is 10.5 Å². The molecule has 1 heterocycles. The van der Waals surface area contributed by atoms with Crippen molar-refractivity contribution in [1.29, 1.82) is 0 Å². The van der Waals surface area contributed by atoms with Gasteiger partial charge in [-0.05, 0) is 18.1 Å². The molecule has 0 spiro atoms. The van der Waals surface area contributed by atoms with Crippen LogP contribution in [-0.4, -0.2) is 56.1 Å². The average molecular weight is 376 g/mol. The summed E-state index contributed by atoms with van der Waals surface area (Å²) in [4.78, 5) is 23.6. The first-order valence-electron chi connectivity index (χ1n) is 8.21. The van der Waals surface area contributed by atoms with Gasteiger partial charge in [0.25, 0.3) is 0 Å². The van der Waals surface area contributed by atoms with E-state index >= 15 is 0 Å². The van der Waals surface area contributed by atoms with Crippen LogP contribution in [0.4, 0.5) is 0 Å². The maximum Gasteiger partial charge on any atom is 0.455 e. The van der Waals surface area contributed by atoms with Gasteiger partial charge < -0.3 is 25.6 Å². The number of carboxylic acids is 1. The molecule has 0 saturated carbocycles. The van der Waals surface area contributed by atoms with Crippen LogP contribution in [0.5, 0.6) is 5.75 Å². The summed E-state index contributed by atoms with van der Waals surface area (Å²) < 4.78 is 6.50. The number of para-hydroxylation sites is 1. The number of nitrogens with zero attached hydrogens (tertiary/aromatic N) is 3. The summed E-state index contributed by atoms with van der Waals surface area (Å²) in [6.07, 6.45) is 1.46. The van der Waals surface area contributed by atoms with E-state index in [2.05, 4.69) is 10.3 Å². The molecule has 1 atom stereocenters. The number of aromatic carboxylic acids is 1. The maximum atomic E-state index is 12.3. The molecule has 0 radical (unpaired) electrons. The van der Waals surface area contributed by atoms with E-state index in [1.54, 1.807) is 12.3 Å². The molecule has 2 rings (SSSR count). The number of methoxy groups -OCH3 is 1. The Labute approximate surface area is 155 Å². The van der Waals surface area contributed by atoms with Gasteiger partial charge in [-0.2, -0.15) is 0 Å². The zero-order chi connectivity index (χ0) is 20.0. The molecule has 0 aliphatic rings. The lowest BCUT2D eigenvalue weighted by atomic mass is 9.67. The number of ether oxygens (including phenoxy) is 1. The lowest BCUT2D eigenvalue weighted by molar-refractivity contribution is -0.120. The summed E-state index contributed by atoms with van der Waals surface area (Å²) in [6.45, 7) is 0.119. The van der Waals surface area contributed by atoms with Gasteiger partial charge in [0.1, 0.15) is 17.9 Å². The smallest absolute Gasteiger partial charge is 0.455 e. The minimum Gasteiger partial charge on any atom is -0.496 e. The lowest BCUT2D eigenvalue weighted by Crippen LogP contribution is -2.26. The second kappa shape index (κ2) is 9.26. The molecule has 1 aromatic heterocycles. The van der Waals surface area contributed by atoms with Gasteiger partial charge in [0.15, 0.2) is 5.78 Å². The van der Waals surface area contributed by atoms with Gasteiger partial charge >= 0.3 is 13.1 Å². The fraction of sp³-hybridized carbons (Fsp3) is 0.375. The van der Waals surface area contributed by atoms with Crippen molar-refractivity contribution in [1.82, 2.24) is 15.0 Å². The Morgan fingerprint density at radius 2 is 2.11 bits per heavy atom. The highest BCUT2D eigenvalue weighted by Gasteiger charge is 2.28. The first-order valence-corrected chi connectivity index (χ1v) is 8.21. The van der Waals surface area contributed by atoms with E-state index in [9.17, 15) is 24.7 Å². The minimum absolute atomic E-state index is 0.0376. The first kappa shape index (κ1) is 20.6. The summed E-state index contributed by atoms with van der Waals surface area (Å²) >= 11 is 0. The highest BCUT2D eigenvalue weighted by Crippen LogP contribution is 2.30. The van der Waals surface area contributed by atoms with Crippen LogP contribution in [0.1, 0.15) is 28.0 Å². The molecule has 0 unspecified atom stereocenters. The largest absolute Gasteiger partial charge is 0.496 e. The molecule has 144 valence electrons. The number of carbonyl (C=O) groups is 2. The van der Waals surface area contributed by atoms with E-state index < -0.39 is 18.9 Å². The minimum atomic E-state index is -1.76. The fourth-order valence-electron chi connectivity index (χ4n) is 2.77. The average Bonchev–Trinajstić information content (AvgIpc) is 3.08. The first-order chi connectivity index (χ1) is 12.8. The van der Waals surface area contributed by atoms with Crippen LogP contribution in [0.3, 0.4) is 0 Å². The van der Waals surface area contributed by atoms with E-state index in [0.29, 0.717) is 11.3 Å². The van der Waals surface area contributed by atoms with Gasteiger partial charge in [-0.25, -0.2) is 9.48 Å². The fourth-order valence-corrected chi connectivity index (χ4v) is 2.77. The topological polar surface area (TPSA) is 161 Å². The van der Waals surface area contributed by atoms with Crippen molar-refractivity contribution in [2.24, 2.45) is 5.73 Å². The van der Waals surface area contributed by atoms with E-state index in [4.69, 9.17) is 10.5 Å². The predicted octanol–water partition coefficient (Wildman–Crippen LogP) is -0.511. The number of hydrogen-bond acceptors (Lipinski definition) is 8. The molecular weight excluding hydrogens is 355 g/mol. The number of hydrogen-bond donors (Lipinski definition) is 4. The zero-order valence-electron chi connectivity index (χ0n) is 14.8. The van der Waals surface area contributed by atoms with Gasteiger partial charge in [-0.3, -0.25) is 4.79 Å². The molecule has 5 N–H and O–H groups in total. The third kappa shape index (κ3) is 5.36. The van der Waals surface area contributed by atoms with E-state index in [-0.39, 0.29) is 43.0 Å². The number of aromatic nitrogens is 3. The Kier molecular flexibility index (Phi) is 7.05. The number of rotatable bonds is 10. The molecule has 0 aliphatic heterocycles. The van der Waals surface area contributed by atoms with Crippen molar-refractivity contribution in [2.75, 3.05) is 7.11 Å². The highest BCUT2D eigenvalue weighted by molar-refractivity contribution is 6.43. The SMILES string of the molecule is COc1c(C[C@H](CC(=O)Cn2cc(CN)nn2)B(O)O)cccc1C(=O)O. The predicted molar refractivity (Wildman–Crippen MR) is 95.1 cm³/mol. The Morgan fingerprint density at radius 3 is 2.67 bits per heavy atom. The molecule has 11 heteroatoms. The van der Waals surface area contributed by atoms with Crippen LogP contribution in [0.2, 0.25) is 5.82 Å². The molecule has 1 aromatic carbocycles. The number of carbonyl (C=O) groups excluding carboxylic acids is 1. The van der Waals surface area contributed by atoms with Crippen molar-refractivity contribution in [3.63, 3.8) is 0 Å². The molecule has 0 amide bonds. The number of ketones is 1. The van der Waals surface area contributed by atoms with E-state index in [0.717, 1.165) is 0 Å². The van der Waals surface area contributed by atoms with Crippen molar-refractivity contribution in [3.8, 4) is 5.75 Å². The van der Waals surface area contributed by atoms with Crippen LogP contribution in [0.15, 0.2) is 24.4 Å². The van der Waals surface area contributed by atoms with Crippen LogP contribution in [0, 0.1) is 0 Å². The van der Waals surface area contributed by atoms with Crippen molar-refractivity contribution in [2.45, 2.75) is 31.7 Å². The molecule has 0 saturated heterocycles. The normalized spacial score (nSPS) is 11.9. The lowest BCUT2D eigenvalue weighted by Gasteiger charge is -2.18. The van der Waals surface area contributed by atoms with E-state index in [1.807, 2.05) is 0 Å². The molecule has 2 aromatic rings. The third-order valence-electron chi connectivity index (χ3n) is 4.06. The quantitative estimate of drug-likeness (QED) is 0.400. The number of nitrogens with two attached hydrogens (primary N) is 1. The van der Waals surface area contributed by atoms with Crippen LogP contribution in [0.25, 0.3) is 0 Å². The molecule has 10 nitrogen and oxygen atoms in total. The Hall–Kier alpha value is -2.76. The Bertz CT molecular complexity index is 810. The number of carboxylic acid groups (broad SMARTS) is 1. The van der Waals surface area contributed by atoms with Crippen molar-refractivity contribution >= 4 is 18.9 Å². The van der Waals surface area contributed by atoms with Crippen molar-refractivity contribution < 1.29 is 29.5 Å². The number of Topliss-reactive ketones (excluding diaryl/α,β-unsaturated/α-hetero) is 1. The molecule has 0 bridgehead atoms. The summed E-state index contributed by atoms with van der Waals surface area (Å²) in [6, 6.07) is 4.55. The maximum absolute atomic E-state index is 12.3. The molecular formula is C16H21BN4O6. The van der Waals surface area contributed by atoms with Crippen molar-refractivity contribution in [3.05, 3.63) is 41.2 Å². The standard InChI is InChI=1S/C16H21BN4O6/c1-27-15-10(3-2-4-14(15)16(23)24)5-11(17(25)26)6-13(22)9-21-8-12(7-18)19-20-21/h2-4,8,11,25-26H,5-7,9,18H2,1H3,(H,23,24)/t11-/m1/s1. The summed E-state index contributed by atoms with van der Waals surface area (Å²) in [5, 5.41) is 36.1. The van der Waals surface area contributed by atoms with Gasteiger partial charge in [0.2, 0.25) is 0 Å². The Morgan fingerprint density at radius 1 is 1.37 bits per heavy atom. The number of benzene rings is 1. The van der Waals surface area contributed by atoms with Crippen LogP contribution in [-0.2, 0) is 24.3 Å². The van der Waals surface area contributed by atoms with E-state index in [1.165, 1.54) is 23.9 Å². The van der Waals surface area contributed by atoms with Gasteiger partial charge in [0.05, 0.1) is 19.0 Å². The second-order valence-corrected chi connectivity index (χ2v) is 6.04. The summed E-state index contributed by atoms with van der Waals surface area (Å²) in [5.41, 5.74) is 6.41. The molecule has 0 fully saturated rings. The monoisotopic (exact) mass is 376 g/mol. The Balaban J connectivity index is 2.12. The summed E-state index contributed by atoms with van der Waals surface area (Å²) in [5.74, 6) is -2.15. The summed E-state index contributed by atoms with van der Waals surface area (Å²) in [7, 11) is -0.428. The molecule has 0 aliphatic carbocycles. The van der Waals surface area contributed by atoms with Gasteiger partial charge in [-0.15, -0.1) is 5.10 Å². The third-order valence-corrected chi connectivity index (χ3v) is 4.06. The van der Waals surface area contributed by atoms with Gasteiger partial charge in [-0.1, -0.05) is 17.3 Å².